The molecule has 0 aliphatic carbocycles. The van der Waals surface area contributed by atoms with E-state index in [2.05, 4.69) is 215 Å². The number of carbonyl (C=O) groups is 3. The van der Waals surface area contributed by atoms with E-state index in [0.29, 0.717) is 19.3 Å². The van der Waals surface area contributed by atoms with Gasteiger partial charge in [-0.2, -0.15) is 0 Å². The van der Waals surface area contributed by atoms with Crippen molar-refractivity contribution in [1.82, 2.24) is 0 Å². The van der Waals surface area contributed by atoms with Gasteiger partial charge in [0.05, 0.1) is 0 Å². The molecule has 6 nitrogen and oxygen atoms in total. The number of hydrogen-bond donors (Lipinski definition) is 0. The number of esters is 3. The van der Waals surface area contributed by atoms with Gasteiger partial charge in [-0.3, -0.25) is 14.4 Å². The molecule has 0 rings (SSSR count). The molecule has 0 aromatic carbocycles. The van der Waals surface area contributed by atoms with E-state index >= 15 is 0 Å². The molecule has 0 aromatic rings. The maximum Gasteiger partial charge on any atom is 0.306 e. The summed E-state index contributed by atoms with van der Waals surface area (Å²) in [5.74, 6) is -1.06. The van der Waals surface area contributed by atoms with Gasteiger partial charge in [0.15, 0.2) is 6.10 Å². The van der Waals surface area contributed by atoms with Crippen molar-refractivity contribution in [2.24, 2.45) is 0 Å². The lowest BCUT2D eigenvalue weighted by Crippen LogP contribution is -2.30. The predicted molar refractivity (Wildman–Crippen MR) is 352 cm³/mol. The van der Waals surface area contributed by atoms with Crippen LogP contribution in [0.25, 0.3) is 0 Å². The monoisotopic (exact) mass is 1110 g/mol. The lowest BCUT2D eigenvalue weighted by Gasteiger charge is -2.18. The molecule has 0 heterocycles. The van der Waals surface area contributed by atoms with Crippen LogP contribution in [0.2, 0.25) is 0 Å². The normalized spacial score (nSPS) is 13.5. The second-order valence-electron chi connectivity index (χ2n) is 20.2. The van der Waals surface area contributed by atoms with Crippen LogP contribution in [0, 0.1) is 0 Å². The minimum absolute atomic E-state index is 0.131. The van der Waals surface area contributed by atoms with Gasteiger partial charge in [0, 0.05) is 19.3 Å². The number of allylic oxidation sites excluding steroid dienone is 32. The molecule has 0 aliphatic rings. The largest absolute Gasteiger partial charge is 0.462 e. The van der Waals surface area contributed by atoms with Crippen molar-refractivity contribution in [2.75, 3.05) is 13.2 Å². The first kappa shape index (κ1) is 75.2. The van der Waals surface area contributed by atoms with Crippen molar-refractivity contribution < 1.29 is 28.6 Å². The summed E-state index contributed by atoms with van der Waals surface area (Å²) in [7, 11) is 0. The number of unbranched alkanes of at least 4 members (excludes halogenated alkanes) is 12. The smallest absolute Gasteiger partial charge is 0.306 e. The summed E-state index contributed by atoms with van der Waals surface area (Å²) in [6, 6.07) is 0. The van der Waals surface area contributed by atoms with Gasteiger partial charge in [0.1, 0.15) is 13.2 Å². The Morgan fingerprint density at radius 2 is 0.457 bits per heavy atom. The zero-order valence-corrected chi connectivity index (χ0v) is 51.5. The van der Waals surface area contributed by atoms with Gasteiger partial charge in [0.25, 0.3) is 0 Å². The molecule has 0 spiro atoms. The van der Waals surface area contributed by atoms with Crippen molar-refractivity contribution in [3.8, 4) is 0 Å². The van der Waals surface area contributed by atoms with Gasteiger partial charge in [-0.05, 0) is 148 Å². The van der Waals surface area contributed by atoms with Gasteiger partial charge >= 0.3 is 17.9 Å². The van der Waals surface area contributed by atoms with E-state index in [1.165, 1.54) is 44.9 Å². The van der Waals surface area contributed by atoms with Gasteiger partial charge in [-0.25, -0.2) is 0 Å². The van der Waals surface area contributed by atoms with Crippen molar-refractivity contribution >= 4 is 17.9 Å². The molecule has 0 radical (unpaired) electrons. The van der Waals surface area contributed by atoms with E-state index in [4.69, 9.17) is 14.2 Å². The molecule has 0 amide bonds. The van der Waals surface area contributed by atoms with Crippen LogP contribution in [0.3, 0.4) is 0 Å². The quantitative estimate of drug-likeness (QED) is 0.0261. The van der Waals surface area contributed by atoms with Crippen LogP contribution >= 0.6 is 0 Å². The van der Waals surface area contributed by atoms with Crippen molar-refractivity contribution in [1.29, 1.82) is 0 Å². The lowest BCUT2D eigenvalue weighted by atomic mass is 10.1. The summed E-state index contributed by atoms with van der Waals surface area (Å²) >= 11 is 0. The fraction of sp³-hybridized carbons (Fsp3) is 0.533. The Hall–Kier alpha value is -5.75. The molecule has 1 atom stereocenters. The standard InChI is InChI=1S/C75H114O6/c1-4-7-10-13-16-19-22-25-28-31-32-33-34-35-36-37-38-39-40-41-42-45-47-50-53-56-59-62-65-68-74(77)80-71-72(81-75(78)69-66-63-60-57-54-51-48-44-30-27-24-21-18-15-12-9-6-3)70-79-73(76)67-64-61-58-55-52-49-46-43-29-26-23-20-17-14-11-8-5-2/h7-12,16-21,25-30,32-33,35-36,38-39,46,48-49,51,55,57-58,60,72H,4-6,13-15,22-24,31,34,37,40-45,47,50,52-54,56,59,61-71H2,1-3H3/b10-7-,11-8-,12-9-,19-16-,20-17-,21-18-,28-25-,29-26-,30-27-,33-32-,36-35-,39-38-,49-46-,51-48-,58-55-,60-57-. The van der Waals surface area contributed by atoms with Crippen LogP contribution in [0.5, 0.6) is 0 Å². The summed E-state index contributed by atoms with van der Waals surface area (Å²) in [6.45, 7) is 6.18. The molecule has 450 valence electrons. The first-order chi connectivity index (χ1) is 40.0. The molecule has 0 saturated carbocycles. The zero-order valence-electron chi connectivity index (χ0n) is 51.5. The van der Waals surface area contributed by atoms with Gasteiger partial charge in [-0.1, -0.05) is 267 Å². The summed E-state index contributed by atoms with van der Waals surface area (Å²) in [5, 5.41) is 0. The number of carbonyl (C=O) groups excluding carboxylic acids is 3. The molecule has 0 saturated heterocycles. The third-order valence-corrected chi connectivity index (χ3v) is 12.6. The molecule has 0 fully saturated rings. The van der Waals surface area contributed by atoms with Crippen molar-refractivity contribution in [3.05, 3.63) is 194 Å². The Labute approximate surface area is 497 Å². The first-order valence-electron chi connectivity index (χ1n) is 31.9. The average molecular weight is 1110 g/mol. The minimum Gasteiger partial charge on any atom is -0.462 e. The first-order valence-corrected chi connectivity index (χ1v) is 31.9. The lowest BCUT2D eigenvalue weighted by molar-refractivity contribution is -0.167. The number of rotatable bonds is 55. The predicted octanol–water partition coefficient (Wildman–Crippen LogP) is 22.2. The fourth-order valence-corrected chi connectivity index (χ4v) is 7.93. The topological polar surface area (TPSA) is 78.9 Å². The molecule has 0 aromatic heterocycles. The third-order valence-electron chi connectivity index (χ3n) is 12.6. The molecule has 81 heavy (non-hydrogen) atoms. The Bertz CT molecular complexity index is 1950. The van der Waals surface area contributed by atoms with Gasteiger partial charge < -0.3 is 14.2 Å². The van der Waals surface area contributed by atoms with E-state index < -0.39 is 12.1 Å². The van der Waals surface area contributed by atoms with E-state index in [1.807, 2.05) is 0 Å². The highest BCUT2D eigenvalue weighted by molar-refractivity contribution is 5.71. The van der Waals surface area contributed by atoms with Crippen molar-refractivity contribution in [3.63, 3.8) is 0 Å². The van der Waals surface area contributed by atoms with E-state index in [-0.39, 0.29) is 38.0 Å². The average Bonchev–Trinajstić information content (AvgIpc) is 3.47. The highest BCUT2D eigenvalue weighted by Gasteiger charge is 2.19. The van der Waals surface area contributed by atoms with E-state index in [0.717, 1.165) is 141 Å². The zero-order chi connectivity index (χ0) is 58.5. The molecule has 0 bridgehead atoms. The third kappa shape index (κ3) is 64.9. The maximum atomic E-state index is 12.9. The fourth-order valence-electron chi connectivity index (χ4n) is 7.93. The van der Waals surface area contributed by atoms with Crippen LogP contribution in [0.15, 0.2) is 194 Å². The Kier molecular flexibility index (Phi) is 62.0. The summed E-state index contributed by atoms with van der Waals surface area (Å²) < 4.78 is 16.8. The SMILES string of the molecule is CC/C=C\C/C=C\C/C=C\C/C=C\C/C=C\C/C=C\CCCCCCCCCCCCC(=O)OCC(COC(=O)CCC/C=C\C/C=C\C/C=C\C/C=C\C/C=C\CC)OC(=O)CCC/C=C\C/C=C\C/C=C\C/C=C\C/C=C\CC. The van der Waals surface area contributed by atoms with Crippen LogP contribution in [-0.4, -0.2) is 37.2 Å². The second kappa shape index (κ2) is 66.8. The highest BCUT2D eigenvalue weighted by Crippen LogP contribution is 2.14. The molecule has 6 heteroatoms. The summed E-state index contributed by atoms with van der Waals surface area (Å²) in [6.07, 6.45) is 102. The Morgan fingerprint density at radius 3 is 0.741 bits per heavy atom. The van der Waals surface area contributed by atoms with E-state index in [9.17, 15) is 14.4 Å². The summed E-state index contributed by atoms with van der Waals surface area (Å²) in [4.78, 5) is 38.3. The van der Waals surface area contributed by atoms with Crippen LogP contribution in [0.1, 0.15) is 239 Å². The van der Waals surface area contributed by atoms with E-state index in [1.54, 1.807) is 0 Å². The minimum atomic E-state index is -0.846. The maximum absolute atomic E-state index is 12.9. The van der Waals surface area contributed by atoms with Crippen LogP contribution in [0.4, 0.5) is 0 Å². The number of hydrogen-bond acceptors (Lipinski definition) is 6. The van der Waals surface area contributed by atoms with Gasteiger partial charge in [0.2, 0.25) is 0 Å². The van der Waals surface area contributed by atoms with Gasteiger partial charge in [-0.15, -0.1) is 0 Å². The molecular weight excluding hydrogens is 997 g/mol. The molecule has 0 N–H and O–H groups in total. The van der Waals surface area contributed by atoms with Crippen molar-refractivity contribution in [2.45, 2.75) is 245 Å². The highest BCUT2D eigenvalue weighted by atomic mass is 16.6. The molecule has 1 unspecified atom stereocenters. The second-order valence-corrected chi connectivity index (χ2v) is 20.2. The Morgan fingerprint density at radius 1 is 0.247 bits per heavy atom. The van der Waals surface area contributed by atoms with Crippen LogP contribution < -0.4 is 0 Å². The van der Waals surface area contributed by atoms with Crippen LogP contribution in [-0.2, 0) is 28.6 Å². The Balaban J connectivity index is 4.49. The summed E-state index contributed by atoms with van der Waals surface area (Å²) in [5.41, 5.74) is 0. The molecule has 0 aliphatic heterocycles. The number of ether oxygens (including phenoxy) is 3. The molecular formula is C75H114O6.